The average Bonchev–Trinajstić information content (AvgIpc) is 2.40. The summed E-state index contributed by atoms with van der Waals surface area (Å²) in [6.07, 6.45) is 8.27. The summed E-state index contributed by atoms with van der Waals surface area (Å²) in [6.45, 7) is 4.26. The molecule has 0 amide bonds. The van der Waals surface area contributed by atoms with E-state index in [9.17, 15) is 4.79 Å². The van der Waals surface area contributed by atoms with Gasteiger partial charge in [-0.15, -0.1) is 5.73 Å². The lowest BCUT2D eigenvalue weighted by atomic mass is 10.1. The molecule has 0 N–H and O–H groups in total. The predicted octanol–water partition coefficient (Wildman–Crippen LogP) is 4.01. The molecular formula is C16H24O2. The van der Waals surface area contributed by atoms with Crippen LogP contribution in [-0.2, 0) is 9.53 Å². The standard InChI is InChI=1S/C16H24O2/c1-4-6-11-15(12-7-5-2)13-9-8-10-14-16(17)18-3/h6H,4-5,7-8,10,12,14H2,1-3H3. The summed E-state index contributed by atoms with van der Waals surface area (Å²) in [4.78, 5) is 10.9. The van der Waals surface area contributed by atoms with E-state index in [1.807, 2.05) is 6.08 Å². The highest BCUT2D eigenvalue weighted by molar-refractivity contribution is 5.69. The van der Waals surface area contributed by atoms with E-state index in [1.165, 1.54) is 13.5 Å². The number of esters is 1. The summed E-state index contributed by atoms with van der Waals surface area (Å²) in [5.41, 5.74) is 4.32. The number of rotatable bonds is 7. The van der Waals surface area contributed by atoms with E-state index in [-0.39, 0.29) is 5.97 Å². The van der Waals surface area contributed by atoms with Crippen LogP contribution in [0, 0.1) is 11.8 Å². The van der Waals surface area contributed by atoms with Crippen LogP contribution in [0.15, 0.2) is 17.4 Å². The zero-order valence-corrected chi connectivity index (χ0v) is 11.8. The molecule has 0 aromatic heterocycles. The van der Waals surface area contributed by atoms with Gasteiger partial charge in [0.05, 0.1) is 7.11 Å². The van der Waals surface area contributed by atoms with Crippen molar-refractivity contribution in [2.24, 2.45) is 0 Å². The van der Waals surface area contributed by atoms with Crippen molar-refractivity contribution >= 4 is 5.97 Å². The van der Waals surface area contributed by atoms with Crippen molar-refractivity contribution in [3.63, 3.8) is 0 Å². The van der Waals surface area contributed by atoms with E-state index in [0.717, 1.165) is 37.7 Å². The van der Waals surface area contributed by atoms with Crippen molar-refractivity contribution in [2.45, 2.75) is 58.8 Å². The highest BCUT2D eigenvalue weighted by atomic mass is 16.5. The molecule has 0 atom stereocenters. The second kappa shape index (κ2) is 12.0. The van der Waals surface area contributed by atoms with Gasteiger partial charge in [0.1, 0.15) is 0 Å². The molecule has 0 heterocycles. The molecule has 0 radical (unpaired) electrons. The minimum atomic E-state index is -0.163. The van der Waals surface area contributed by atoms with E-state index >= 15 is 0 Å². The van der Waals surface area contributed by atoms with Crippen LogP contribution in [0.2, 0.25) is 0 Å². The normalized spacial score (nSPS) is 8.83. The first kappa shape index (κ1) is 16.6. The number of unbranched alkanes of at least 4 members (excludes halogenated alkanes) is 2. The van der Waals surface area contributed by atoms with Crippen molar-refractivity contribution in [3.8, 4) is 11.8 Å². The molecule has 0 aliphatic carbocycles. The maximum absolute atomic E-state index is 10.9. The Bertz CT molecular complexity index is 349. The van der Waals surface area contributed by atoms with Gasteiger partial charge in [-0.25, -0.2) is 0 Å². The van der Waals surface area contributed by atoms with E-state index < -0.39 is 0 Å². The van der Waals surface area contributed by atoms with Crippen molar-refractivity contribution in [1.29, 1.82) is 0 Å². The molecule has 100 valence electrons. The van der Waals surface area contributed by atoms with Gasteiger partial charge in [-0.05, 0) is 31.8 Å². The first-order chi connectivity index (χ1) is 8.74. The van der Waals surface area contributed by atoms with E-state index in [0.29, 0.717) is 6.42 Å². The molecule has 0 saturated carbocycles. The quantitative estimate of drug-likeness (QED) is 0.294. The molecule has 2 nitrogen and oxygen atoms in total. The summed E-state index contributed by atoms with van der Waals surface area (Å²) >= 11 is 0. The SMILES string of the molecule is CCC=C=C(C#CCCCC(=O)OC)CCCC. The molecule has 0 fully saturated rings. The fraction of sp³-hybridized carbons (Fsp3) is 0.625. The van der Waals surface area contributed by atoms with Crippen LogP contribution in [0.3, 0.4) is 0 Å². The number of carbonyl (C=O) groups excluding carboxylic acids is 1. The summed E-state index contributed by atoms with van der Waals surface area (Å²) in [5, 5.41) is 0. The molecule has 0 aromatic rings. The first-order valence-electron chi connectivity index (χ1n) is 6.74. The van der Waals surface area contributed by atoms with Crippen molar-refractivity contribution < 1.29 is 9.53 Å². The second-order valence-electron chi connectivity index (χ2n) is 4.07. The van der Waals surface area contributed by atoms with Crippen LogP contribution in [-0.4, -0.2) is 13.1 Å². The summed E-state index contributed by atoms with van der Waals surface area (Å²) in [5.74, 6) is 6.10. The smallest absolute Gasteiger partial charge is 0.305 e. The van der Waals surface area contributed by atoms with Gasteiger partial charge in [0, 0.05) is 18.4 Å². The second-order valence-corrected chi connectivity index (χ2v) is 4.07. The number of hydrogen-bond donors (Lipinski definition) is 0. The van der Waals surface area contributed by atoms with Crippen molar-refractivity contribution in [3.05, 3.63) is 17.4 Å². The fourth-order valence-electron chi connectivity index (χ4n) is 1.34. The Balaban J connectivity index is 4.16. The highest BCUT2D eigenvalue weighted by Gasteiger charge is 1.97. The van der Waals surface area contributed by atoms with Crippen molar-refractivity contribution in [1.82, 2.24) is 0 Å². The van der Waals surface area contributed by atoms with Crippen LogP contribution in [0.5, 0.6) is 0 Å². The lowest BCUT2D eigenvalue weighted by molar-refractivity contribution is -0.140. The van der Waals surface area contributed by atoms with Crippen LogP contribution in [0.1, 0.15) is 58.8 Å². The number of allylic oxidation sites excluding steroid dienone is 1. The Labute approximate surface area is 111 Å². The highest BCUT2D eigenvalue weighted by Crippen LogP contribution is 2.05. The van der Waals surface area contributed by atoms with Gasteiger partial charge in [-0.3, -0.25) is 4.79 Å². The fourth-order valence-corrected chi connectivity index (χ4v) is 1.34. The van der Waals surface area contributed by atoms with E-state index in [4.69, 9.17) is 0 Å². The maximum atomic E-state index is 10.9. The predicted molar refractivity (Wildman–Crippen MR) is 75.1 cm³/mol. The Hall–Kier alpha value is -1.45. The largest absolute Gasteiger partial charge is 0.469 e. The molecule has 0 aromatic carbocycles. The van der Waals surface area contributed by atoms with Gasteiger partial charge < -0.3 is 4.74 Å². The summed E-state index contributed by atoms with van der Waals surface area (Å²) < 4.78 is 4.57. The van der Waals surface area contributed by atoms with E-state index in [1.54, 1.807) is 0 Å². The van der Waals surface area contributed by atoms with Crippen LogP contribution < -0.4 is 0 Å². The van der Waals surface area contributed by atoms with E-state index in [2.05, 4.69) is 36.2 Å². The zero-order chi connectivity index (χ0) is 13.6. The number of hydrogen-bond acceptors (Lipinski definition) is 2. The third kappa shape index (κ3) is 9.75. The molecule has 18 heavy (non-hydrogen) atoms. The number of methoxy groups -OCH3 is 1. The molecule has 0 aliphatic rings. The molecule has 0 unspecified atom stereocenters. The third-order valence-electron chi connectivity index (χ3n) is 2.41. The molecule has 0 spiro atoms. The van der Waals surface area contributed by atoms with Gasteiger partial charge in [-0.2, -0.15) is 0 Å². The monoisotopic (exact) mass is 248 g/mol. The molecule has 0 rings (SSSR count). The molecule has 0 aliphatic heterocycles. The van der Waals surface area contributed by atoms with Crippen molar-refractivity contribution in [2.75, 3.05) is 7.11 Å². The summed E-state index contributed by atoms with van der Waals surface area (Å²) in [7, 11) is 1.41. The van der Waals surface area contributed by atoms with Crippen LogP contribution in [0.25, 0.3) is 0 Å². The van der Waals surface area contributed by atoms with Gasteiger partial charge in [0.2, 0.25) is 0 Å². The lowest BCUT2D eigenvalue weighted by Gasteiger charge is -1.95. The Morgan fingerprint density at radius 3 is 2.61 bits per heavy atom. The maximum Gasteiger partial charge on any atom is 0.305 e. The van der Waals surface area contributed by atoms with Gasteiger partial charge >= 0.3 is 5.97 Å². The molecule has 0 bridgehead atoms. The Morgan fingerprint density at radius 2 is 2.00 bits per heavy atom. The third-order valence-corrected chi connectivity index (χ3v) is 2.41. The molecular weight excluding hydrogens is 224 g/mol. The van der Waals surface area contributed by atoms with Gasteiger partial charge in [0.25, 0.3) is 0 Å². The minimum absolute atomic E-state index is 0.163. The van der Waals surface area contributed by atoms with Gasteiger partial charge in [0.15, 0.2) is 0 Å². The molecule has 0 saturated heterocycles. The number of ether oxygens (including phenoxy) is 1. The average molecular weight is 248 g/mol. The van der Waals surface area contributed by atoms with Gasteiger partial charge in [-0.1, -0.05) is 32.1 Å². The Morgan fingerprint density at radius 1 is 1.22 bits per heavy atom. The Kier molecular flexibility index (Phi) is 11.1. The summed E-state index contributed by atoms with van der Waals surface area (Å²) in [6, 6.07) is 0. The van der Waals surface area contributed by atoms with Crippen LogP contribution in [0.4, 0.5) is 0 Å². The lowest BCUT2D eigenvalue weighted by Crippen LogP contribution is -1.98. The molecule has 2 heteroatoms. The first-order valence-corrected chi connectivity index (χ1v) is 6.74. The number of carbonyl (C=O) groups is 1. The van der Waals surface area contributed by atoms with Crippen LogP contribution >= 0.6 is 0 Å². The topological polar surface area (TPSA) is 26.3 Å². The minimum Gasteiger partial charge on any atom is -0.469 e. The zero-order valence-electron chi connectivity index (χ0n) is 11.8.